The van der Waals surface area contributed by atoms with Gasteiger partial charge >= 0.3 is 0 Å². The normalized spacial score (nSPS) is 18.5. The lowest BCUT2D eigenvalue weighted by atomic mass is 10.0. The summed E-state index contributed by atoms with van der Waals surface area (Å²) in [6.07, 6.45) is 4.01. The van der Waals surface area contributed by atoms with Crippen LogP contribution < -0.4 is 0 Å². The highest BCUT2D eigenvalue weighted by Gasteiger charge is 2.32. The van der Waals surface area contributed by atoms with Crippen molar-refractivity contribution in [1.82, 2.24) is 4.90 Å². The number of halogens is 2. The van der Waals surface area contributed by atoms with Gasteiger partial charge in [-0.25, -0.2) is 4.39 Å². The Morgan fingerprint density at radius 2 is 2.06 bits per heavy atom. The second kappa shape index (κ2) is 5.68. The maximum absolute atomic E-state index is 13.0. The highest BCUT2D eigenvalue weighted by Crippen LogP contribution is 2.30. The van der Waals surface area contributed by atoms with E-state index in [1.165, 1.54) is 12.1 Å². The summed E-state index contributed by atoms with van der Waals surface area (Å²) >= 11 is 3.37. The second-order valence-corrected chi connectivity index (χ2v) is 6.19. The predicted octanol–water partition coefficient (Wildman–Crippen LogP) is 3.33. The molecule has 0 atom stereocenters. The molecule has 0 saturated heterocycles. The lowest BCUT2D eigenvalue weighted by molar-refractivity contribution is 0.0145. The Hall–Kier alpha value is -0.450. The van der Waals surface area contributed by atoms with Crippen LogP contribution in [0.5, 0.6) is 0 Å². The van der Waals surface area contributed by atoms with Gasteiger partial charge in [-0.3, -0.25) is 4.90 Å². The van der Waals surface area contributed by atoms with Crippen molar-refractivity contribution >= 4 is 15.9 Å². The fraction of sp³-hybridized carbons (Fsp3) is 0.571. The number of likely N-dealkylation sites (N-methyl/N-ethyl adjacent to an activating group) is 1. The smallest absolute Gasteiger partial charge is 0.124 e. The number of benzene rings is 1. The molecule has 1 aromatic rings. The van der Waals surface area contributed by atoms with Gasteiger partial charge in [0.2, 0.25) is 0 Å². The third-order valence-electron chi connectivity index (χ3n) is 3.55. The van der Waals surface area contributed by atoms with Gasteiger partial charge in [-0.2, -0.15) is 0 Å². The molecule has 100 valence electrons. The quantitative estimate of drug-likeness (QED) is 0.921. The third-order valence-corrected chi connectivity index (χ3v) is 4.29. The summed E-state index contributed by atoms with van der Waals surface area (Å²) in [5.74, 6) is -0.234. The fourth-order valence-electron chi connectivity index (χ4n) is 2.69. The molecule has 4 heteroatoms. The zero-order valence-electron chi connectivity index (χ0n) is 10.6. The third kappa shape index (κ3) is 3.53. The van der Waals surface area contributed by atoms with Crippen molar-refractivity contribution in [2.45, 2.75) is 37.8 Å². The summed E-state index contributed by atoms with van der Waals surface area (Å²) in [5.41, 5.74) is 0.516. The van der Waals surface area contributed by atoms with Gasteiger partial charge in [0.1, 0.15) is 5.82 Å². The lowest BCUT2D eigenvalue weighted by Crippen LogP contribution is -2.38. The van der Waals surface area contributed by atoms with Gasteiger partial charge in [-0.15, -0.1) is 0 Å². The molecule has 1 N–H and O–H groups in total. The summed E-state index contributed by atoms with van der Waals surface area (Å²) in [7, 11) is 1.99. The molecule has 0 amide bonds. The largest absolute Gasteiger partial charge is 0.389 e. The van der Waals surface area contributed by atoms with Crippen LogP contribution >= 0.6 is 15.9 Å². The van der Waals surface area contributed by atoms with Crippen LogP contribution in [0.4, 0.5) is 4.39 Å². The number of aliphatic hydroxyl groups is 1. The Balaban J connectivity index is 1.96. The van der Waals surface area contributed by atoms with Gasteiger partial charge < -0.3 is 5.11 Å². The van der Waals surface area contributed by atoms with Crippen LogP contribution in [0.3, 0.4) is 0 Å². The number of hydrogen-bond acceptors (Lipinski definition) is 2. The monoisotopic (exact) mass is 315 g/mol. The molecule has 2 rings (SSSR count). The van der Waals surface area contributed by atoms with Crippen LogP contribution in [0.15, 0.2) is 22.7 Å². The molecule has 0 aliphatic heterocycles. The van der Waals surface area contributed by atoms with E-state index in [0.29, 0.717) is 13.1 Å². The van der Waals surface area contributed by atoms with Crippen molar-refractivity contribution in [1.29, 1.82) is 0 Å². The van der Waals surface area contributed by atoms with Gasteiger partial charge in [0.25, 0.3) is 0 Å². The van der Waals surface area contributed by atoms with Crippen molar-refractivity contribution in [3.63, 3.8) is 0 Å². The highest BCUT2D eigenvalue weighted by atomic mass is 79.9. The average molecular weight is 316 g/mol. The molecule has 0 radical (unpaired) electrons. The molecule has 0 bridgehead atoms. The van der Waals surface area contributed by atoms with Gasteiger partial charge in [-0.05, 0) is 37.6 Å². The zero-order chi connectivity index (χ0) is 13.2. The number of nitrogens with zero attached hydrogens (tertiary/aromatic N) is 1. The van der Waals surface area contributed by atoms with E-state index in [1.54, 1.807) is 6.07 Å². The number of rotatable bonds is 4. The molecule has 2 nitrogen and oxygen atoms in total. The minimum Gasteiger partial charge on any atom is -0.389 e. The van der Waals surface area contributed by atoms with E-state index in [2.05, 4.69) is 20.8 Å². The number of hydrogen-bond donors (Lipinski definition) is 1. The first-order valence-corrected chi connectivity index (χ1v) is 7.13. The topological polar surface area (TPSA) is 23.5 Å². The molecule has 1 fully saturated rings. The summed E-state index contributed by atoms with van der Waals surface area (Å²) in [5, 5.41) is 10.3. The predicted molar refractivity (Wildman–Crippen MR) is 73.9 cm³/mol. The Labute approximate surface area is 116 Å². The minimum absolute atomic E-state index is 0.234. The summed E-state index contributed by atoms with van der Waals surface area (Å²) in [6.45, 7) is 1.39. The molecule has 0 spiro atoms. The van der Waals surface area contributed by atoms with Crippen LogP contribution in [0, 0.1) is 5.82 Å². The summed E-state index contributed by atoms with van der Waals surface area (Å²) in [6, 6.07) is 4.74. The van der Waals surface area contributed by atoms with Crippen molar-refractivity contribution < 1.29 is 9.50 Å². The van der Waals surface area contributed by atoms with Crippen molar-refractivity contribution in [3.8, 4) is 0 Å². The molecule has 1 saturated carbocycles. The van der Waals surface area contributed by atoms with E-state index in [4.69, 9.17) is 0 Å². The van der Waals surface area contributed by atoms with Gasteiger partial charge in [0.05, 0.1) is 5.60 Å². The Morgan fingerprint density at radius 1 is 1.39 bits per heavy atom. The van der Waals surface area contributed by atoms with E-state index in [0.717, 1.165) is 35.7 Å². The van der Waals surface area contributed by atoms with Crippen LogP contribution in [0.25, 0.3) is 0 Å². The molecule has 0 heterocycles. The first kappa shape index (κ1) is 14.0. The Bertz CT molecular complexity index is 418. The van der Waals surface area contributed by atoms with Crippen LogP contribution in [-0.4, -0.2) is 29.2 Å². The van der Waals surface area contributed by atoms with Gasteiger partial charge in [0.15, 0.2) is 0 Å². The van der Waals surface area contributed by atoms with Crippen LogP contribution in [-0.2, 0) is 6.54 Å². The van der Waals surface area contributed by atoms with E-state index >= 15 is 0 Å². The minimum atomic E-state index is -0.527. The van der Waals surface area contributed by atoms with Gasteiger partial charge in [0, 0.05) is 17.6 Å². The Morgan fingerprint density at radius 3 is 2.67 bits per heavy atom. The lowest BCUT2D eigenvalue weighted by Gasteiger charge is -2.28. The fourth-order valence-corrected chi connectivity index (χ4v) is 3.17. The molecular formula is C14H19BrFNO. The molecule has 18 heavy (non-hydrogen) atoms. The molecule has 0 unspecified atom stereocenters. The van der Waals surface area contributed by atoms with Crippen molar-refractivity contribution in [3.05, 3.63) is 34.1 Å². The van der Waals surface area contributed by atoms with Crippen molar-refractivity contribution in [2.24, 2.45) is 0 Å². The Kier molecular flexibility index (Phi) is 4.41. The van der Waals surface area contributed by atoms with E-state index in [-0.39, 0.29) is 5.82 Å². The van der Waals surface area contributed by atoms with E-state index < -0.39 is 5.60 Å². The summed E-state index contributed by atoms with van der Waals surface area (Å²) in [4.78, 5) is 2.10. The first-order chi connectivity index (χ1) is 8.48. The second-order valence-electron chi connectivity index (χ2n) is 5.34. The average Bonchev–Trinajstić information content (AvgIpc) is 2.69. The first-order valence-electron chi connectivity index (χ1n) is 6.33. The maximum atomic E-state index is 13.0. The van der Waals surface area contributed by atoms with Crippen LogP contribution in [0.2, 0.25) is 0 Å². The molecule has 0 aromatic heterocycles. The van der Waals surface area contributed by atoms with Crippen LogP contribution in [0.1, 0.15) is 31.2 Å². The van der Waals surface area contributed by atoms with Crippen molar-refractivity contribution in [2.75, 3.05) is 13.6 Å². The van der Waals surface area contributed by atoms with Gasteiger partial charge in [-0.1, -0.05) is 34.8 Å². The zero-order valence-corrected chi connectivity index (χ0v) is 12.2. The van der Waals surface area contributed by atoms with E-state index in [1.807, 2.05) is 7.05 Å². The standard InChI is InChI=1S/C14H19BrFNO/c1-17(10-14(18)6-2-3-7-14)9-11-4-5-12(16)8-13(11)15/h4-5,8,18H,2-3,6-7,9-10H2,1H3. The molecular weight excluding hydrogens is 297 g/mol. The molecule has 1 aliphatic rings. The SMILES string of the molecule is CN(Cc1ccc(F)cc1Br)CC1(O)CCCC1. The molecule has 1 aliphatic carbocycles. The maximum Gasteiger partial charge on any atom is 0.124 e. The molecule has 1 aromatic carbocycles. The highest BCUT2D eigenvalue weighted by molar-refractivity contribution is 9.10. The van der Waals surface area contributed by atoms with E-state index in [9.17, 15) is 9.50 Å². The summed E-state index contributed by atoms with van der Waals surface area (Å²) < 4.78 is 13.8.